The van der Waals surface area contributed by atoms with Crippen LogP contribution in [0.1, 0.15) is 0 Å². The number of aliphatic hydroxyl groups excluding tert-OH is 1. The molecule has 1 heterocycles. The van der Waals surface area contributed by atoms with E-state index in [0.717, 1.165) is 0 Å². The molecule has 0 aliphatic carbocycles. The Hall–Kier alpha value is -1.13. The number of hydrogen-bond donors (Lipinski definition) is 1. The van der Waals surface area contributed by atoms with Crippen LogP contribution in [-0.2, 0) is 4.74 Å². The predicted octanol–water partition coefficient (Wildman–Crippen LogP) is 0.964. The van der Waals surface area contributed by atoms with Crippen LogP contribution in [0, 0.1) is 5.82 Å². The zero-order valence-electron chi connectivity index (χ0n) is 7.52. The van der Waals surface area contributed by atoms with Gasteiger partial charge in [-0.1, -0.05) is 12.1 Å². The first-order valence-corrected chi connectivity index (χ1v) is 4.44. The van der Waals surface area contributed by atoms with E-state index in [-0.39, 0.29) is 12.4 Å². The molecule has 2 rings (SSSR count). The Morgan fingerprint density at radius 1 is 1.36 bits per heavy atom. The first kappa shape index (κ1) is 9.43. The van der Waals surface area contributed by atoms with Crippen LogP contribution in [0.3, 0.4) is 0 Å². The van der Waals surface area contributed by atoms with Gasteiger partial charge in [0.25, 0.3) is 0 Å². The van der Waals surface area contributed by atoms with Crippen LogP contribution in [0.25, 0.3) is 0 Å². The molecule has 1 aromatic rings. The molecule has 0 spiro atoms. The van der Waals surface area contributed by atoms with Crippen molar-refractivity contribution in [3.05, 3.63) is 30.1 Å². The highest BCUT2D eigenvalue weighted by Crippen LogP contribution is 2.20. The Morgan fingerprint density at radius 2 is 2.14 bits per heavy atom. The first-order chi connectivity index (χ1) is 6.77. The van der Waals surface area contributed by atoms with Crippen LogP contribution in [0.5, 0.6) is 5.75 Å². The highest BCUT2D eigenvalue weighted by Gasteiger charge is 2.28. The minimum Gasteiger partial charge on any atom is -0.482 e. The molecular weight excluding hydrogens is 187 g/mol. The first-order valence-electron chi connectivity index (χ1n) is 4.44. The van der Waals surface area contributed by atoms with Crippen LogP contribution in [0.4, 0.5) is 4.39 Å². The third-order valence-corrected chi connectivity index (χ3v) is 2.11. The van der Waals surface area contributed by atoms with Gasteiger partial charge in [0.15, 0.2) is 17.7 Å². The lowest BCUT2D eigenvalue weighted by Gasteiger charge is -2.15. The molecule has 14 heavy (non-hydrogen) atoms. The smallest absolute Gasteiger partial charge is 0.165 e. The van der Waals surface area contributed by atoms with Gasteiger partial charge in [0.1, 0.15) is 6.10 Å². The van der Waals surface area contributed by atoms with Crippen molar-refractivity contribution in [3.63, 3.8) is 0 Å². The zero-order chi connectivity index (χ0) is 9.97. The van der Waals surface area contributed by atoms with E-state index < -0.39 is 18.0 Å². The fourth-order valence-corrected chi connectivity index (χ4v) is 1.34. The van der Waals surface area contributed by atoms with Gasteiger partial charge in [0, 0.05) is 0 Å². The van der Waals surface area contributed by atoms with Gasteiger partial charge in [0.05, 0.1) is 13.2 Å². The molecular formula is C10H11FO3. The molecule has 3 nitrogen and oxygen atoms in total. The monoisotopic (exact) mass is 198 g/mol. The minimum absolute atomic E-state index is 0.155. The topological polar surface area (TPSA) is 38.7 Å². The predicted molar refractivity (Wildman–Crippen MR) is 47.6 cm³/mol. The number of benzene rings is 1. The second-order valence-corrected chi connectivity index (χ2v) is 3.19. The maximum Gasteiger partial charge on any atom is 0.165 e. The largest absolute Gasteiger partial charge is 0.482 e. The van der Waals surface area contributed by atoms with Crippen molar-refractivity contribution in [2.45, 2.75) is 12.2 Å². The third kappa shape index (κ3) is 1.86. The molecule has 1 N–H and O–H groups in total. The van der Waals surface area contributed by atoms with Gasteiger partial charge >= 0.3 is 0 Å². The maximum atomic E-state index is 13.1. The van der Waals surface area contributed by atoms with Crippen LogP contribution in [-0.4, -0.2) is 30.5 Å². The van der Waals surface area contributed by atoms with Crippen molar-refractivity contribution in [1.82, 2.24) is 0 Å². The zero-order valence-corrected chi connectivity index (χ0v) is 7.52. The summed E-state index contributed by atoms with van der Waals surface area (Å²) in [4.78, 5) is 0. The van der Waals surface area contributed by atoms with Gasteiger partial charge in [-0.15, -0.1) is 0 Å². The van der Waals surface area contributed by atoms with Crippen LogP contribution < -0.4 is 4.74 Å². The van der Waals surface area contributed by atoms with E-state index >= 15 is 0 Å². The van der Waals surface area contributed by atoms with E-state index in [4.69, 9.17) is 9.47 Å². The van der Waals surface area contributed by atoms with E-state index in [1.165, 1.54) is 12.1 Å². The second-order valence-electron chi connectivity index (χ2n) is 3.19. The van der Waals surface area contributed by atoms with Crippen LogP contribution >= 0.6 is 0 Å². The minimum atomic E-state index is -0.672. The number of ether oxygens (including phenoxy) is 2. The van der Waals surface area contributed by atoms with Crippen molar-refractivity contribution in [3.8, 4) is 5.75 Å². The molecule has 0 unspecified atom stereocenters. The molecule has 1 saturated heterocycles. The normalized spacial score (nSPS) is 26.4. The summed E-state index contributed by atoms with van der Waals surface area (Å²) in [7, 11) is 0. The number of para-hydroxylation sites is 1. The van der Waals surface area contributed by atoms with Gasteiger partial charge in [-0.2, -0.15) is 0 Å². The summed E-state index contributed by atoms with van der Waals surface area (Å²) in [5.41, 5.74) is 0. The standard InChI is InChI=1S/C10H11FO3/c11-7-3-1-2-4-9(7)14-10-6-13-5-8(10)12/h1-4,8,10,12H,5-6H2/t8-,10-/m1/s1. The van der Waals surface area contributed by atoms with Gasteiger partial charge < -0.3 is 14.6 Å². The van der Waals surface area contributed by atoms with Gasteiger partial charge in [-0.3, -0.25) is 0 Å². The summed E-state index contributed by atoms with van der Waals surface area (Å²) < 4.78 is 23.4. The molecule has 1 aliphatic heterocycles. The van der Waals surface area contributed by atoms with Crippen LogP contribution in [0.15, 0.2) is 24.3 Å². The van der Waals surface area contributed by atoms with Crippen LogP contribution in [0.2, 0.25) is 0 Å². The van der Waals surface area contributed by atoms with E-state index in [1.807, 2.05) is 0 Å². The Kier molecular flexibility index (Phi) is 2.65. The third-order valence-electron chi connectivity index (χ3n) is 2.11. The summed E-state index contributed by atoms with van der Waals surface area (Å²) in [5, 5.41) is 9.37. The fraction of sp³-hybridized carbons (Fsp3) is 0.400. The number of aliphatic hydroxyl groups is 1. The Morgan fingerprint density at radius 3 is 2.79 bits per heavy atom. The molecule has 76 valence electrons. The van der Waals surface area contributed by atoms with E-state index in [1.54, 1.807) is 12.1 Å². The van der Waals surface area contributed by atoms with Gasteiger partial charge in [-0.05, 0) is 12.1 Å². The average molecular weight is 198 g/mol. The molecule has 0 radical (unpaired) electrons. The van der Waals surface area contributed by atoms with Crippen molar-refractivity contribution in [1.29, 1.82) is 0 Å². The number of hydrogen-bond acceptors (Lipinski definition) is 3. The average Bonchev–Trinajstić information content (AvgIpc) is 2.56. The van der Waals surface area contributed by atoms with E-state index in [9.17, 15) is 9.50 Å². The highest BCUT2D eigenvalue weighted by atomic mass is 19.1. The maximum absolute atomic E-state index is 13.1. The number of rotatable bonds is 2. The molecule has 0 saturated carbocycles. The summed E-state index contributed by atoms with van der Waals surface area (Å²) in [5.74, 6) is -0.270. The summed E-state index contributed by atoms with van der Waals surface area (Å²) in [6.45, 7) is 0.550. The Bertz CT molecular complexity index is 316. The molecule has 0 bridgehead atoms. The van der Waals surface area contributed by atoms with Crippen molar-refractivity contribution < 1.29 is 19.0 Å². The lowest BCUT2D eigenvalue weighted by atomic mass is 10.2. The summed E-state index contributed by atoms with van der Waals surface area (Å²) >= 11 is 0. The summed E-state index contributed by atoms with van der Waals surface area (Å²) in [6, 6.07) is 6.11. The fourth-order valence-electron chi connectivity index (χ4n) is 1.34. The molecule has 4 heteroatoms. The van der Waals surface area contributed by atoms with Gasteiger partial charge in [-0.25, -0.2) is 4.39 Å². The van der Waals surface area contributed by atoms with Crippen molar-refractivity contribution in [2.75, 3.05) is 13.2 Å². The molecule has 0 aromatic heterocycles. The Labute approximate surface area is 81.1 Å². The lowest BCUT2D eigenvalue weighted by molar-refractivity contribution is 0.0708. The molecule has 1 aliphatic rings. The summed E-state index contributed by atoms with van der Waals surface area (Å²) in [6.07, 6.45) is -1.14. The van der Waals surface area contributed by atoms with E-state index in [2.05, 4.69) is 0 Å². The lowest BCUT2D eigenvalue weighted by Crippen LogP contribution is -2.30. The van der Waals surface area contributed by atoms with Crippen molar-refractivity contribution in [2.24, 2.45) is 0 Å². The quantitative estimate of drug-likeness (QED) is 0.769. The number of halogens is 1. The SMILES string of the molecule is O[C@@H]1COC[C@H]1Oc1ccccc1F. The molecule has 1 aromatic carbocycles. The highest BCUT2D eigenvalue weighted by molar-refractivity contribution is 5.24. The van der Waals surface area contributed by atoms with Gasteiger partial charge in [0.2, 0.25) is 0 Å². The molecule has 1 fully saturated rings. The second kappa shape index (κ2) is 3.94. The molecule has 0 amide bonds. The van der Waals surface area contributed by atoms with E-state index in [0.29, 0.717) is 6.61 Å². The Balaban J connectivity index is 2.07. The van der Waals surface area contributed by atoms with Crippen molar-refractivity contribution >= 4 is 0 Å². The molecule has 2 atom stereocenters.